The van der Waals surface area contributed by atoms with Crippen molar-refractivity contribution in [1.29, 1.82) is 0 Å². The number of amides is 1. The molecule has 1 amide bonds. The molecule has 0 fully saturated rings. The predicted octanol–water partition coefficient (Wildman–Crippen LogP) is 2.15. The molecule has 1 heterocycles. The Hall–Kier alpha value is -2.27. The predicted molar refractivity (Wildman–Crippen MR) is 64.4 cm³/mol. The van der Waals surface area contributed by atoms with Crippen LogP contribution >= 0.6 is 0 Å². The van der Waals surface area contributed by atoms with E-state index in [1.54, 1.807) is 0 Å². The molecule has 2 aromatic carbocycles. The summed E-state index contributed by atoms with van der Waals surface area (Å²) in [7, 11) is 0. The van der Waals surface area contributed by atoms with Crippen LogP contribution in [0.15, 0.2) is 42.5 Å². The normalized spacial score (nSPS) is 21.1. The van der Waals surface area contributed by atoms with Crippen molar-refractivity contribution in [2.24, 2.45) is 0 Å². The first-order valence-electron chi connectivity index (χ1n) is 5.63. The lowest BCUT2D eigenvalue weighted by molar-refractivity contribution is -0.129. The van der Waals surface area contributed by atoms with Crippen molar-refractivity contribution in [3.63, 3.8) is 0 Å². The Morgan fingerprint density at radius 2 is 1.58 bits per heavy atom. The van der Waals surface area contributed by atoms with Crippen molar-refractivity contribution in [3.8, 4) is 0 Å². The van der Waals surface area contributed by atoms with Crippen molar-refractivity contribution in [3.05, 3.63) is 65.2 Å². The van der Waals surface area contributed by atoms with Crippen LogP contribution in [0.4, 0.5) is 14.5 Å². The van der Waals surface area contributed by atoms with Crippen LogP contribution in [0.2, 0.25) is 0 Å². The van der Waals surface area contributed by atoms with Crippen LogP contribution in [0.5, 0.6) is 0 Å². The zero-order valence-electron chi connectivity index (χ0n) is 9.65. The number of nitrogens with one attached hydrogen (secondary N) is 1. The molecule has 0 saturated carbocycles. The minimum absolute atomic E-state index is 0.0163. The maximum atomic E-state index is 13.8. The average Bonchev–Trinajstić information content (AvgIpc) is 2.65. The van der Waals surface area contributed by atoms with Gasteiger partial charge in [-0.15, -0.1) is 0 Å². The zero-order valence-corrected chi connectivity index (χ0v) is 9.65. The number of para-hydroxylation sites is 1. The van der Waals surface area contributed by atoms with Crippen molar-refractivity contribution < 1.29 is 18.7 Å². The molecule has 2 N–H and O–H groups in total. The van der Waals surface area contributed by atoms with E-state index in [9.17, 15) is 18.7 Å². The van der Waals surface area contributed by atoms with Gasteiger partial charge >= 0.3 is 0 Å². The second-order valence-electron chi connectivity index (χ2n) is 4.31. The summed E-state index contributed by atoms with van der Waals surface area (Å²) in [5, 5.41) is 12.8. The number of benzene rings is 2. The first kappa shape index (κ1) is 11.8. The summed E-state index contributed by atoms with van der Waals surface area (Å²) in [6.45, 7) is 0. The molecule has 1 aliphatic heterocycles. The molecule has 0 bridgehead atoms. The lowest BCUT2D eigenvalue weighted by Gasteiger charge is -2.21. The number of hydrogen-bond acceptors (Lipinski definition) is 2. The Balaban J connectivity index is 2.30. The molecule has 3 rings (SSSR count). The van der Waals surface area contributed by atoms with E-state index >= 15 is 0 Å². The van der Waals surface area contributed by atoms with E-state index < -0.39 is 23.1 Å². The molecule has 19 heavy (non-hydrogen) atoms. The molecule has 0 aliphatic carbocycles. The van der Waals surface area contributed by atoms with Crippen molar-refractivity contribution in [2.75, 3.05) is 5.32 Å². The number of carbonyl (C=O) groups is 1. The van der Waals surface area contributed by atoms with E-state index in [0.717, 1.165) is 12.1 Å². The molecular weight excluding hydrogens is 252 g/mol. The van der Waals surface area contributed by atoms with Gasteiger partial charge in [-0.2, -0.15) is 0 Å². The van der Waals surface area contributed by atoms with E-state index in [2.05, 4.69) is 5.32 Å². The second-order valence-corrected chi connectivity index (χ2v) is 4.31. The lowest BCUT2D eigenvalue weighted by Crippen LogP contribution is -2.36. The average molecular weight is 261 g/mol. The van der Waals surface area contributed by atoms with Crippen LogP contribution in [0, 0.1) is 11.6 Å². The molecule has 3 nitrogen and oxygen atoms in total. The lowest BCUT2D eigenvalue weighted by atomic mass is 9.87. The van der Waals surface area contributed by atoms with E-state index in [1.807, 2.05) is 0 Å². The molecule has 96 valence electrons. The number of halogens is 2. The SMILES string of the molecule is O=C1Nc2c(F)cccc2C1(O)c1ccccc1F. The van der Waals surface area contributed by atoms with Crippen LogP contribution in [-0.2, 0) is 10.4 Å². The van der Waals surface area contributed by atoms with Gasteiger partial charge in [0.15, 0.2) is 5.60 Å². The van der Waals surface area contributed by atoms with Crippen molar-refractivity contribution >= 4 is 11.6 Å². The van der Waals surface area contributed by atoms with E-state index in [-0.39, 0.29) is 16.8 Å². The molecule has 5 heteroatoms. The Morgan fingerprint density at radius 1 is 0.947 bits per heavy atom. The van der Waals surface area contributed by atoms with Crippen molar-refractivity contribution in [2.45, 2.75) is 5.60 Å². The minimum Gasteiger partial charge on any atom is -0.372 e. The van der Waals surface area contributed by atoms with Gasteiger partial charge in [0, 0.05) is 11.1 Å². The fourth-order valence-electron chi connectivity index (χ4n) is 2.30. The van der Waals surface area contributed by atoms with Crippen LogP contribution in [0.3, 0.4) is 0 Å². The molecule has 1 atom stereocenters. The topological polar surface area (TPSA) is 49.3 Å². The standard InChI is InChI=1S/C14H9F2NO2/c15-10-6-2-1-4-8(10)14(19)9-5-3-7-11(16)12(9)17-13(14)18/h1-7,19H,(H,17,18). The number of fused-ring (bicyclic) bond motifs is 1. The first-order valence-corrected chi connectivity index (χ1v) is 5.63. The highest BCUT2D eigenvalue weighted by Gasteiger charge is 2.49. The number of anilines is 1. The first-order chi connectivity index (χ1) is 9.05. The van der Waals surface area contributed by atoms with E-state index in [4.69, 9.17) is 0 Å². The number of hydrogen-bond donors (Lipinski definition) is 2. The highest BCUT2D eigenvalue weighted by molar-refractivity contribution is 6.07. The molecule has 0 saturated heterocycles. The molecule has 1 unspecified atom stereocenters. The van der Waals surface area contributed by atoms with Crippen LogP contribution in [-0.4, -0.2) is 11.0 Å². The summed E-state index contributed by atoms with van der Waals surface area (Å²) in [6.07, 6.45) is 0. The largest absolute Gasteiger partial charge is 0.372 e. The Bertz CT molecular complexity index is 687. The summed E-state index contributed by atoms with van der Waals surface area (Å²) >= 11 is 0. The Labute approximate surface area is 107 Å². The third-order valence-electron chi connectivity index (χ3n) is 3.23. The Kier molecular flexibility index (Phi) is 2.40. The van der Waals surface area contributed by atoms with Gasteiger partial charge in [-0.25, -0.2) is 8.78 Å². The quantitative estimate of drug-likeness (QED) is 0.826. The molecule has 0 aromatic heterocycles. The second kappa shape index (κ2) is 3.86. The summed E-state index contributed by atoms with van der Waals surface area (Å²) in [6, 6.07) is 9.30. The third-order valence-corrected chi connectivity index (χ3v) is 3.23. The van der Waals surface area contributed by atoms with E-state index in [0.29, 0.717) is 0 Å². The molecule has 0 radical (unpaired) electrons. The fourth-order valence-corrected chi connectivity index (χ4v) is 2.30. The number of aliphatic hydroxyl groups is 1. The molecule has 2 aromatic rings. The zero-order chi connectivity index (χ0) is 13.6. The van der Waals surface area contributed by atoms with Gasteiger partial charge in [0.1, 0.15) is 11.6 Å². The monoisotopic (exact) mass is 261 g/mol. The molecular formula is C14H9F2NO2. The van der Waals surface area contributed by atoms with Crippen LogP contribution in [0.25, 0.3) is 0 Å². The van der Waals surface area contributed by atoms with Crippen LogP contribution in [0.1, 0.15) is 11.1 Å². The van der Waals surface area contributed by atoms with Gasteiger partial charge in [0.05, 0.1) is 5.69 Å². The summed E-state index contributed by atoms with van der Waals surface area (Å²) in [5.41, 5.74) is -2.50. The third kappa shape index (κ3) is 1.48. The van der Waals surface area contributed by atoms with Gasteiger partial charge in [-0.1, -0.05) is 30.3 Å². The van der Waals surface area contributed by atoms with Crippen molar-refractivity contribution in [1.82, 2.24) is 0 Å². The van der Waals surface area contributed by atoms with E-state index in [1.165, 1.54) is 30.3 Å². The highest BCUT2D eigenvalue weighted by Crippen LogP contribution is 2.42. The molecule has 0 spiro atoms. The number of rotatable bonds is 1. The summed E-state index contributed by atoms with van der Waals surface area (Å²) in [5.74, 6) is -2.26. The maximum absolute atomic E-state index is 13.8. The van der Waals surface area contributed by atoms with Gasteiger partial charge < -0.3 is 10.4 Å². The van der Waals surface area contributed by atoms with Gasteiger partial charge in [-0.05, 0) is 12.1 Å². The number of carbonyl (C=O) groups excluding carboxylic acids is 1. The maximum Gasteiger partial charge on any atom is 0.266 e. The molecule has 1 aliphatic rings. The van der Waals surface area contributed by atoms with Gasteiger partial charge in [-0.3, -0.25) is 4.79 Å². The summed E-state index contributed by atoms with van der Waals surface area (Å²) < 4.78 is 27.4. The Morgan fingerprint density at radius 3 is 2.32 bits per heavy atom. The highest BCUT2D eigenvalue weighted by atomic mass is 19.1. The van der Waals surface area contributed by atoms with Crippen LogP contribution < -0.4 is 5.32 Å². The summed E-state index contributed by atoms with van der Waals surface area (Å²) in [4.78, 5) is 12.0. The fraction of sp³-hybridized carbons (Fsp3) is 0.0714. The van der Waals surface area contributed by atoms with Gasteiger partial charge in [0.2, 0.25) is 0 Å². The van der Waals surface area contributed by atoms with Gasteiger partial charge in [0.25, 0.3) is 5.91 Å². The smallest absolute Gasteiger partial charge is 0.266 e. The minimum atomic E-state index is -2.21.